The molecule has 0 spiro atoms. The number of benzene rings is 1. The van der Waals surface area contributed by atoms with Crippen LogP contribution in [0.2, 0.25) is 0 Å². The summed E-state index contributed by atoms with van der Waals surface area (Å²) in [5.41, 5.74) is 3.69. The average Bonchev–Trinajstić information content (AvgIpc) is 2.33. The van der Waals surface area contributed by atoms with E-state index in [0.29, 0.717) is 6.42 Å². The molecule has 1 amide bonds. The molecule has 0 atom stereocenters. The first-order valence-corrected chi connectivity index (χ1v) is 5.67. The van der Waals surface area contributed by atoms with Gasteiger partial charge in [0.1, 0.15) is 0 Å². The lowest BCUT2D eigenvalue weighted by atomic mass is 10.1. The summed E-state index contributed by atoms with van der Waals surface area (Å²) in [6.07, 6.45) is 4.92. The molecule has 1 N–H and O–H groups in total. The van der Waals surface area contributed by atoms with E-state index in [1.165, 1.54) is 5.56 Å². The molecule has 3 nitrogen and oxygen atoms in total. The minimum atomic E-state index is -0.0313. The van der Waals surface area contributed by atoms with Crippen LogP contribution in [0.4, 0.5) is 0 Å². The molecule has 1 aromatic rings. The Morgan fingerprint density at radius 1 is 1.38 bits per heavy atom. The predicted octanol–water partition coefficient (Wildman–Crippen LogP) is 2.52. The van der Waals surface area contributed by atoms with Crippen molar-refractivity contribution in [3.05, 3.63) is 35.9 Å². The SMILES string of the molecule is CCCC=NNC(=O)CCc1ccccc1. The van der Waals surface area contributed by atoms with Gasteiger partial charge < -0.3 is 0 Å². The third-order valence-corrected chi connectivity index (χ3v) is 2.18. The molecule has 0 aliphatic heterocycles. The summed E-state index contributed by atoms with van der Waals surface area (Å²) in [6.45, 7) is 2.07. The van der Waals surface area contributed by atoms with E-state index in [9.17, 15) is 4.79 Å². The van der Waals surface area contributed by atoms with Crippen LogP contribution in [0.1, 0.15) is 31.7 Å². The zero-order valence-corrected chi connectivity index (χ0v) is 9.65. The van der Waals surface area contributed by atoms with Crippen molar-refractivity contribution in [1.29, 1.82) is 0 Å². The van der Waals surface area contributed by atoms with Gasteiger partial charge in [0.25, 0.3) is 0 Å². The van der Waals surface area contributed by atoms with Gasteiger partial charge in [-0.1, -0.05) is 43.7 Å². The molecule has 1 aromatic carbocycles. The van der Waals surface area contributed by atoms with E-state index in [1.807, 2.05) is 30.3 Å². The van der Waals surface area contributed by atoms with Crippen molar-refractivity contribution in [3.8, 4) is 0 Å². The highest BCUT2D eigenvalue weighted by molar-refractivity contribution is 5.76. The molecule has 0 aliphatic carbocycles. The number of hydrogen-bond acceptors (Lipinski definition) is 2. The molecule has 16 heavy (non-hydrogen) atoms. The lowest BCUT2D eigenvalue weighted by Gasteiger charge is -2.00. The van der Waals surface area contributed by atoms with Gasteiger partial charge in [-0.05, 0) is 18.4 Å². The van der Waals surface area contributed by atoms with E-state index in [2.05, 4.69) is 17.5 Å². The second-order valence-corrected chi connectivity index (χ2v) is 3.62. The highest BCUT2D eigenvalue weighted by Gasteiger charge is 1.99. The van der Waals surface area contributed by atoms with Gasteiger partial charge in [-0.15, -0.1) is 0 Å². The summed E-state index contributed by atoms with van der Waals surface area (Å²) in [4.78, 5) is 11.4. The Morgan fingerprint density at radius 3 is 2.81 bits per heavy atom. The molecule has 0 saturated heterocycles. The highest BCUT2D eigenvalue weighted by atomic mass is 16.2. The molecule has 0 radical (unpaired) electrons. The molecule has 86 valence electrons. The Morgan fingerprint density at radius 2 is 2.12 bits per heavy atom. The van der Waals surface area contributed by atoms with Crippen LogP contribution in [0.15, 0.2) is 35.4 Å². The van der Waals surface area contributed by atoms with Gasteiger partial charge in [-0.3, -0.25) is 4.79 Å². The Bertz CT molecular complexity index is 333. The van der Waals surface area contributed by atoms with Gasteiger partial charge in [-0.2, -0.15) is 5.10 Å². The standard InChI is InChI=1S/C13H18N2O/c1-2-3-11-14-15-13(16)10-9-12-7-5-4-6-8-12/h4-8,11H,2-3,9-10H2,1H3,(H,15,16). The largest absolute Gasteiger partial charge is 0.273 e. The second-order valence-electron chi connectivity index (χ2n) is 3.62. The maximum Gasteiger partial charge on any atom is 0.240 e. The third-order valence-electron chi connectivity index (χ3n) is 2.18. The maximum absolute atomic E-state index is 11.4. The zero-order chi connectivity index (χ0) is 11.6. The van der Waals surface area contributed by atoms with Crippen molar-refractivity contribution in [2.45, 2.75) is 32.6 Å². The van der Waals surface area contributed by atoms with Crippen LogP contribution in [0.3, 0.4) is 0 Å². The quantitative estimate of drug-likeness (QED) is 0.578. The monoisotopic (exact) mass is 218 g/mol. The van der Waals surface area contributed by atoms with Crippen molar-refractivity contribution in [3.63, 3.8) is 0 Å². The van der Waals surface area contributed by atoms with E-state index in [0.717, 1.165) is 19.3 Å². The van der Waals surface area contributed by atoms with E-state index in [-0.39, 0.29) is 5.91 Å². The molecule has 0 saturated carbocycles. The number of unbranched alkanes of at least 4 members (excludes halogenated alkanes) is 1. The first kappa shape index (κ1) is 12.4. The van der Waals surface area contributed by atoms with Crippen LogP contribution >= 0.6 is 0 Å². The van der Waals surface area contributed by atoms with E-state index in [1.54, 1.807) is 6.21 Å². The Kier molecular flexibility index (Phi) is 5.92. The third kappa shape index (κ3) is 5.29. The molecule has 0 aromatic heterocycles. The van der Waals surface area contributed by atoms with Crippen LogP contribution in [0.25, 0.3) is 0 Å². The van der Waals surface area contributed by atoms with Gasteiger partial charge in [-0.25, -0.2) is 5.43 Å². The summed E-state index contributed by atoms with van der Waals surface area (Å²) in [5, 5.41) is 3.85. The summed E-state index contributed by atoms with van der Waals surface area (Å²) >= 11 is 0. The summed E-state index contributed by atoms with van der Waals surface area (Å²) < 4.78 is 0. The molecular formula is C13H18N2O. The second kappa shape index (κ2) is 7.63. The number of aryl methyl sites for hydroxylation is 1. The predicted molar refractivity (Wildman–Crippen MR) is 66.3 cm³/mol. The van der Waals surface area contributed by atoms with Gasteiger partial charge in [0.15, 0.2) is 0 Å². The lowest BCUT2D eigenvalue weighted by molar-refractivity contribution is -0.121. The summed E-state index contributed by atoms with van der Waals surface area (Å²) in [6, 6.07) is 9.97. The van der Waals surface area contributed by atoms with Crippen molar-refractivity contribution in [2.75, 3.05) is 0 Å². The van der Waals surface area contributed by atoms with Crippen LogP contribution in [-0.2, 0) is 11.2 Å². The number of rotatable bonds is 6. The number of amides is 1. The van der Waals surface area contributed by atoms with Gasteiger partial charge >= 0.3 is 0 Å². The fourth-order valence-corrected chi connectivity index (χ4v) is 1.27. The molecule has 0 unspecified atom stereocenters. The normalized spacial score (nSPS) is 10.6. The lowest BCUT2D eigenvalue weighted by Crippen LogP contribution is -2.17. The smallest absolute Gasteiger partial charge is 0.240 e. The highest BCUT2D eigenvalue weighted by Crippen LogP contribution is 2.01. The van der Waals surface area contributed by atoms with Crippen LogP contribution in [0.5, 0.6) is 0 Å². The Hall–Kier alpha value is -1.64. The van der Waals surface area contributed by atoms with Gasteiger partial charge in [0.2, 0.25) is 5.91 Å². The minimum Gasteiger partial charge on any atom is -0.273 e. The molecule has 1 rings (SSSR count). The molecule has 0 aliphatic rings. The van der Waals surface area contributed by atoms with Crippen molar-refractivity contribution >= 4 is 12.1 Å². The number of carbonyl (C=O) groups is 1. The first-order chi connectivity index (χ1) is 7.83. The van der Waals surface area contributed by atoms with Crippen molar-refractivity contribution in [2.24, 2.45) is 5.10 Å². The number of nitrogens with one attached hydrogen (secondary N) is 1. The number of nitrogens with zero attached hydrogens (tertiary/aromatic N) is 1. The topological polar surface area (TPSA) is 41.5 Å². The van der Waals surface area contributed by atoms with Gasteiger partial charge in [0.05, 0.1) is 0 Å². The molecule has 0 bridgehead atoms. The zero-order valence-electron chi connectivity index (χ0n) is 9.65. The Labute approximate surface area is 96.6 Å². The average molecular weight is 218 g/mol. The van der Waals surface area contributed by atoms with Crippen molar-refractivity contribution in [1.82, 2.24) is 5.43 Å². The van der Waals surface area contributed by atoms with Crippen LogP contribution in [0, 0.1) is 0 Å². The molecule has 3 heteroatoms. The van der Waals surface area contributed by atoms with Crippen LogP contribution < -0.4 is 5.43 Å². The summed E-state index contributed by atoms with van der Waals surface area (Å²) in [5.74, 6) is -0.0313. The number of carbonyl (C=O) groups excluding carboxylic acids is 1. The Balaban J connectivity index is 2.20. The van der Waals surface area contributed by atoms with Crippen molar-refractivity contribution < 1.29 is 4.79 Å². The van der Waals surface area contributed by atoms with E-state index in [4.69, 9.17) is 0 Å². The molecule has 0 heterocycles. The van der Waals surface area contributed by atoms with Crippen LogP contribution in [-0.4, -0.2) is 12.1 Å². The number of hydrogen-bond donors (Lipinski definition) is 1. The van der Waals surface area contributed by atoms with E-state index >= 15 is 0 Å². The molecular weight excluding hydrogens is 200 g/mol. The minimum absolute atomic E-state index is 0.0313. The number of hydrazone groups is 1. The summed E-state index contributed by atoms with van der Waals surface area (Å²) in [7, 11) is 0. The van der Waals surface area contributed by atoms with Gasteiger partial charge in [0, 0.05) is 12.6 Å². The fraction of sp³-hybridized carbons (Fsp3) is 0.385. The maximum atomic E-state index is 11.4. The van der Waals surface area contributed by atoms with E-state index < -0.39 is 0 Å². The molecule has 0 fully saturated rings. The fourth-order valence-electron chi connectivity index (χ4n) is 1.27. The first-order valence-electron chi connectivity index (χ1n) is 5.67.